The number of nitrogens with zero attached hydrogens (tertiary/aromatic N) is 4. The number of carbonyl (C=O) groups excluding carboxylic acids is 1. The molecular weight excluding hydrogens is 350 g/mol. The summed E-state index contributed by atoms with van der Waals surface area (Å²) in [7, 11) is 0. The largest absolute Gasteiger partial charge is 0.322 e. The number of rotatable bonds is 3. The number of aromatic nitrogens is 4. The maximum Gasteiger partial charge on any atom is 0.255 e. The Labute approximate surface area is 163 Å². The number of carbonyl (C=O) groups is 1. The van der Waals surface area contributed by atoms with Gasteiger partial charge in [0.25, 0.3) is 5.91 Å². The van der Waals surface area contributed by atoms with Gasteiger partial charge in [0.15, 0.2) is 5.65 Å². The van der Waals surface area contributed by atoms with Gasteiger partial charge < -0.3 is 5.32 Å². The van der Waals surface area contributed by atoms with Gasteiger partial charge in [0.05, 0.1) is 5.69 Å². The molecule has 0 atom stereocenters. The fraction of sp³-hybridized carbons (Fsp3) is 0.182. The number of aryl methyl sites for hydroxylation is 4. The maximum atomic E-state index is 12.8. The number of fused-ring (bicyclic) bond motifs is 1. The molecular formula is C22H21N5O. The average molecular weight is 371 g/mol. The van der Waals surface area contributed by atoms with Crippen LogP contribution in [0.2, 0.25) is 0 Å². The lowest BCUT2D eigenvalue weighted by Gasteiger charge is -2.14. The van der Waals surface area contributed by atoms with Gasteiger partial charge in [-0.3, -0.25) is 4.79 Å². The van der Waals surface area contributed by atoms with Crippen LogP contribution in [0.25, 0.3) is 16.9 Å². The zero-order valence-electron chi connectivity index (χ0n) is 16.3. The highest BCUT2D eigenvalue weighted by atomic mass is 16.1. The molecule has 0 spiro atoms. The van der Waals surface area contributed by atoms with Gasteiger partial charge in [0.1, 0.15) is 5.52 Å². The molecule has 0 saturated heterocycles. The first kappa shape index (κ1) is 17.9. The predicted molar refractivity (Wildman–Crippen MR) is 110 cm³/mol. The molecule has 0 aliphatic heterocycles. The lowest BCUT2D eigenvalue weighted by Crippen LogP contribution is -2.14. The van der Waals surface area contributed by atoms with Crippen molar-refractivity contribution in [1.29, 1.82) is 0 Å². The van der Waals surface area contributed by atoms with Crippen LogP contribution in [0.5, 0.6) is 0 Å². The lowest BCUT2D eigenvalue weighted by atomic mass is 10.0. The summed E-state index contributed by atoms with van der Waals surface area (Å²) in [5.41, 5.74) is 7.94. The minimum atomic E-state index is -0.133. The SMILES string of the molecule is Cc1cc(C)c(NC(=O)c2ccc(-n3nnc4cccnc43)c(C)c2)c(C)c1. The highest BCUT2D eigenvalue weighted by Gasteiger charge is 2.14. The number of anilines is 1. The van der Waals surface area contributed by atoms with E-state index in [9.17, 15) is 4.79 Å². The molecule has 1 amide bonds. The second-order valence-corrected chi connectivity index (χ2v) is 7.08. The van der Waals surface area contributed by atoms with E-state index in [4.69, 9.17) is 0 Å². The first-order valence-corrected chi connectivity index (χ1v) is 9.10. The fourth-order valence-electron chi connectivity index (χ4n) is 3.52. The van der Waals surface area contributed by atoms with E-state index in [2.05, 4.69) is 39.7 Å². The number of nitrogens with one attached hydrogen (secondary N) is 1. The third-order valence-corrected chi connectivity index (χ3v) is 4.81. The number of pyridine rings is 1. The molecule has 6 heteroatoms. The number of hydrogen-bond acceptors (Lipinski definition) is 4. The van der Waals surface area contributed by atoms with Crippen LogP contribution >= 0.6 is 0 Å². The molecule has 0 saturated carbocycles. The summed E-state index contributed by atoms with van der Waals surface area (Å²) >= 11 is 0. The zero-order valence-corrected chi connectivity index (χ0v) is 16.3. The van der Waals surface area contributed by atoms with Gasteiger partial charge in [0.2, 0.25) is 0 Å². The molecule has 2 aromatic heterocycles. The molecule has 4 rings (SSSR count). The monoisotopic (exact) mass is 371 g/mol. The van der Waals surface area contributed by atoms with Crippen LogP contribution in [0.15, 0.2) is 48.7 Å². The first-order chi connectivity index (χ1) is 13.4. The summed E-state index contributed by atoms with van der Waals surface area (Å²) < 4.78 is 1.70. The minimum Gasteiger partial charge on any atom is -0.322 e. The molecule has 0 unspecified atom stereocenters. The summed E-state index contributed by atoms with van der Waals surface area (Å²) in [6.07, 6.45) is 1.71. The van der Waals surface area contributed by atoms with Crippen LogP contribution in [0.1, 0.15) is 32.6 Å². The molecule has 0 bridgehead atoms. The Morgan fingerprint density at radius 2 is 1.71 bits per heavy atom. The summed E-state index contributed by atoms with van der Waals surface area (Å²) in [6, 6.07) is 13.4. The summed E-state index contributed by atoms with van der Waals surface area (Å²) in [6.45, 7) is 8.01. The number of benzene rings is 2. The third kappa shape index (κ3) is 3.13. The summed E-state index contributed by atoms with van der Waals surface area (Å²) in [5.74, 6) is -0.133. The molecule has 28 heavy (non-hydrogen) atoms. The Morgan fingerprint density at radius 1 is 0.964 bits per heavy atom. The van der Waals surface area contributed by atoms with Crippen molar-refractivity contribution in [3.05, 3.63) is 76.5 Å². The minimum absolute atomic E-state index is 0.133. The topological polar surface area (TPSA) is 72.7 Å². The van der Waals surface area contributed by atoms with Gasteiger partial charge in [-0.25, -0.2) is 4.98 Å². The molecule has 140 valence electrons. The van der Waals surface area contributed by atoms with E-state index in [1.54, 1.807) is 16.9 Å². The Bertz CT molecular complexity index is 1190. The first-order valence-electron chi connectivity index (χ1n) is 9.10. The van der Waals surface area contributed by atoms with Crippen molar-refractivity contribution in [3.63, 3.8) is 0 Å². The molecule has 1 N–H and O–H groups in total. The van der Waals surface area contributed by atoms with Gasteiger partial charge in [-0.2, -0.15) is 4.68 Å². The molecule has 2 aromatic carbocycles. The zero-order chi connectivity index (χ0) is 19.8. The van der Waals surface area contributed by atoms with E-state index in [0.29, 0.717) is 11.2 Å². The second-order valence-electron chi connectivity index (χ2n) is 7.08. The van der Waals surface area contributed by atoms with Gasteiger partial charge in [-0.05, 0) is 74.7 Å². The van der Waals surface area contributed by atoms with E-state index in [1.165, 1.54) is 5.56 Å². The third-order valence-electron chi connectivity index (χ3n) is 4.81. The Hall–Kier alpha value is -3.54. The van der Waals surface area contributed by atoms with Crippen molar-refractivity contribution in [2.45, 2.75) is 27.7 Å². The maximum absolute atomic E-state index is 12.8. The van der Waals surface area contributed by atoms with E-state index in [1.807, 2.05) is 45.0 Å². The van der Waals surface area contributed by atoms with Crippen molar-refractivity contribution in [1.82, 2.24) is 20.0 Å². The Balaban J connectivity index is 1.66. The number of amides is 1. The van der Waals surface area contributed by atoms with Crippen LogP contribution in [-0.2, 0) is 0 Å². The second kappa shape index (κ2) is 6.88. The predicted octanol–water partition coefficient (Wildman–Crippen LogP) is 4.30. The highest BCUT2D eigenvalue weighted by Crippen LogP contribution is 2.24. The number of hydrogen-bond donors (Lipinski definition) is 1. The summed E-state index contributed by atoms with van der Waals surface area (Å²) in [4.78, 5) is 17.2. The molecule has 0 aliphatic rings. The Morgan fingerprint density at radius 3 is 2.43 bits per heavy atom. The van der Waals surface area contributed by atoms with Crippen LogP contribution in [0, 0.1) is 27.7 Å². The van der Waals surface area contributed by atoms with Crippen LogP contribution < -0.4 is 5.32 Å². The van der Waals surface area contributed by atoms with Crippen molar-refractivity contribution in [2.75, 3.05) is 5.32 Å². The van der Waals surface area contributed by atoms with E-state index < -0.39 is 0 Å². The average Bonchev–Trinajstić information content (AvgIpc) is 3.08. The van der Waals surface area contributed by atoms with Crippen molar-refractivity contribution in [2.24, 2.45) is 0 Å². The van der Waals surface area contributed by atoms with Gasteiger partial charge in [-0.1, -0.05) is 22.9 Å². The lowest BCUT2D eigenvalue weighted by molar-refractivity contribution is 0.102. The van der Waals surface area contributed by atoms with E-state index >= 15 is 0 Å². The summed E-state index contributed by atoms with van der Waals surface area (Å²) in [5, 5.41) is 11.4. The molecule has 6 nitrogen and oxygen atoms in total. The van der Waals surface area contributed by atoms with Gasteiger partial charge in [-0.15, -0.1) is 5.10 Å². The smallest absolute Gasteiger partial charge is 0.255 e. The molecule has 0 fully saturated rings. The van der Waals surface area contributed by atoms with E-state index in [0.717, 1.165) is 33.6 Å². The molecule has 0 radical (unpaired) electrons. The fourth-order valence-corrected chi connectivity index (χ4v) is 3.52. The van der Waals surface area contributed by atoms with Crippen LogP contribution in [0.3, 0.4) is 0 Å². The standard InChI is InChI=1S/C22H21N5O/c1-13-10-15(3)20(16(4)11-13)24-22(28)17-7-8-19(14(2)12-17)27-21-18(25-26-27)6-5-9-23-21/h5-12H,1-4H3,(H,24,28). The van der Waals surface area contributed by atoms with Crippen LogP contribution in [0.4, 0.5) is 5.69 Å². The molecule has 2 heterocycles. The van der Waals surface area contributed by atoms with Gasteiger partial charge >= 0.3 is 0 Å². The normalized spacial score (nSPS) is 11.0. The molecule has 0 aliphatic carbocycles. The molecule has 4 aromatic rings. The van der Waals surface area contributed by atoms with Crippen molar-refractivity contribution >= 4 is 22.8 Å². The Kier molecular flexibility index (Phi) is 4.39. The van der Waals surface area contributed by atoms with Gasteiger partial charge in [0, 0.05) is 17.4 Å². The van der Waals surface area contributed by atoms with Crippen molar-refractivity contribution in [3.8, 4) is 5.69 Å². The quantitative estimate of drug-likeness (QED) is 0.583. The van der Waals surface area contributed by atoms with E-state index in [-0.39, 0.29) is 5.91 Å². The van der Waals surface area contributed by atoms with Crippen LogP contribution in [-0.4, -0.2) is 25.9 Å². The highest BCUT2D eigenvalue weighted by molar-refractivity contribution is 6.05. The van der Waals surface area contributed by atoms with Crippen molar-refractivity contribution < 1.29 is 4.79 Å².